The second-order valence-electron chi connectivity index (χ2n) is 5.40. The third-order valence-electron chi connectivity index (χ3n) is 3.82. The van der Waals surface area contributed by atoms with Crippen LogP contribution in [0.25, 0.3) is 0 Å². The fourth-order valence-electron chi connectivity index (χ4n) is 2.68. The normalized spacial score (nSPS) is 19.0. The molecule has 0 spiro atoms. The molecule has 0 amide bonds. The van der Waals surface area contributed by atoms with Gasteiger partial charge in [0.1, 0.15) is 0 Å². The summed E-state index contributed by atoms with van der Waals surface area (Å²) in [5.41, 5.74) is 3.69. The van der Waals surface area contributed by atoms with Gasteiger partial charge in [0.2, 0.25) is 0 Å². The summed E-state index contributed by atoms with van der Waals surface area (Å²) in [6, 6.07) is 6.56. The molecular weight excluding hydrogens is 268 g/mol. The number of rotatable bonds is 7. The Morgan fingerprint density at radius 1 is 1.48 bits per heavy atom. The molecule has 1 heterocycles. The minimum atomic E-state index is 0.0585. The Morgan fingerprint density at radius 2 is 2.33 bits per heavy atom. The van der Waals surface area contributed by atoms with Gasteiger partial charge in [0, 0.05) is 32.4 Å². The number of ether oxygens (including phenoxy) is 2. The molecule has 21 heavy (non-hydrogen) atoms. The van der Waals surface area contributed by atoms with E-state index in [1.807, 2.05) is 0 Å². The number of benzene rings is 1. The van der Waals surface area contributed by atoms with Crippen LogP contribution in [-0.4, -0.2) is 57.8 Å². The molecule has 5 heteroatoms. The molecule has 0 aromatic heterocycles. The van der Waals surface area contributed by atoms with Crippen molar-refractivity contribution in [3.8, 4) is 0 Å². The van der Waals surface area contributed by atoms with E-state index in [2.05, 4.69) is 35.3 Å². The first-order valence-electron chi connectivity index (χ1n) is 7.50. The highest BCUT2D eigenvalue weighted by atomic mass is 16.5. The highest BCUT2D eigenvalue weighted by Gasteiger charge is 2.23. The molecule has 1 aliphatic heterocycles. The van der Waals surface area contributed by atoms with Gasteiger partial charge < -0.3 is 24.8 Å². The van der Waals surface area contributed by atoms with Gasteiger partial charge in [-0.3, -0.25) is 0 Å². The predicted molar refractivity (Wildman–Crippen MR) is 83.8 cm³/mol. The number of aryl methyl sites for hydroxylation is 1. The lowest BCUT2D eigenvalue weighted by Gasteiger charge is -2.37. The molecule has 1 fully saturated rings. The molecule has 1 unspecified atom stereocenters. The Kier molecular flexibility index (Phi) is 6.45. The molecular formula is C16H26N2O3. The van der Waals surface area contributed by atoms with Crippen LogP contribution in [0.3, 0.4) is 0 Å². The van der Waals surface area contributed by atoms with Gasteiger partial charge in [-0.25, -0.2) is 0 Å². The lowest BCUT2D eigenvalue weighted by atomic mass is 10.1. The minimum Gasteiger partial charge on any atom is -0.394 e. The van der Waals surface area contributed by atoms with Crippen LogP contribution in [0.15, 0.2) is 18.2 Å². The SMILES string of the molecule is COCCNCc1ccc(N2CCOCC2CO)c(C)c1. The summed E-state index contributed by atoms with van der Waals surface area (Å²) in [6.45, 7) is 6.81. The molecule has 1 atom stereocenters. The van der Waals surface area contributed by atoms with Crippen molar-refractivity contribution < 1.29 is 14.6 Å². The first kappa shape index (κ1) is 16.2. The molecule has 2 N–H and O–H groups in total. The molecule has 1 aromatic rings. The van der Waals surface area contributed by atoms with Crippen molar-refractivity contribution >= 4 is 5.69 Å². The number of nitrogens with zero attached hydrogens (tertiary/aromatic N) is 1. The zero-order valence-corrected chi connectivity index (χ0v) is 13.0. The second kappa shape index (κ2) is 8.34. The van der Waals surface area contributed by atoms with Gasteiger partial charge in [-0.15, -0.1) is 0 Å². The van der Waals surface area contributed by atoms with E-state index < -0.39 is 0 Å². The van der Waals surface area contributed by atoms with E-state index >= 15 is 0 Å². The van der Waals surface area contributed by atoms with Crippen LogP contribution in [0.1, 0.15) is 11.1 Å². The van der Waals surface area contributed by atoms with Gasteiger partial charge in [-0.2, -0.15) is 0 Å². The molecule has 0 saturated carbocycles. The Hall–Kier alpha value is -1.14. The van der Waals surface area contributed by atoms with E-state index in [0.29, 0.717) is 6.61 Å². The zero-order chi connectivity index (χ0) is 15.1. The lowest BCUT2D eigenvalue weighted by Crippen LogP contribution is -2.48. The Morgan fingerprint density at radius 3 is 3.05 bits per heavy atom. The molecule has 0 radical (unpaired) electrons. The van der Waals surface area contributed by atoms with Crippen molar-refractivity contribution in [3.05, 3.63) is 29.3 Å². The summed E-state index contributed by atoms with van der Waals surface area (Å²) in [7, 11) is 1.71. The summed E-state index contributed by atoms with van der Waals surface area (Å²) in [6.07, 6.45) is 0. The van der Waals surface area contributed by atoms with E-state index in [4.69, 9.17) is 9.47 Å². The van der Waals surface area contributed by atoms with Crippen molar-refractivity contribution in [2.45, 2.75) is 19.5 Å². The van der Waals surface area contributed by atoms with Gasteiger partial charge in [0.25, 0.3) is 0 Å². The first-order valence-corrected chi connectivity index (χ1v) is 7.50. The van der Waals surface area contributed by atoms with E-state index in [0.717, 1.165) is 32.8 Å². The van der Waals surface area contributed by atoms with Crippen molar-refractivity contribution in [3.63, 3.8) is 0 Å². The van der Waals surface area contributed by atoms with E-state index in [-0.39, 0.29) is 12.6 Å². The molecule has 5 nitrogen and oxygen atoms in total. The zero-order valence-electron chi connectivity index (χ0n) is 13.0. The van der Waals surface area contributed by atoms with Crippen LogP contribution >= 0.6 is 0 Å². The third kappa shape index (κ3) is 4.41. The minimum absolute atomic E-state index is 0.0585. The van der Waals surface area contributed by atoms with Crippen LogP contribution in [0.4, 0.5) is 5.69 Å². The lowest BCUT2D eigenvalue weighted by molar-refractivity contribution is 0.0726. The molecule has 0 bridgehead atoms. The monoisotopic (exact) mass is 294 g/mol. The van der Waals surface area contributed by atoms with Crippen LogP contribution in [-0.2, 0) is 16.0 Å². The van der Waals surface area contributed by atoms with Crippen LogP contribution in [0.2, 0.25) is 0 Å². The number of aliphatic hydroxyl groups is 1. The second-order valence-corrected chi connectivity index (χ2v) is 5.40. The Balaban J connectivity index is 2.01. The van der Waals surface area contributed by atoms with Crippen molar-refractivity contribution in [1.82, 2.24) is 5.32 Å². The van der Waals surface area contributed by atoms with Crippen molar-refractivity contribution in [2.24, 2.45) is 0 Å². The van der Waals surface area contributed by atoms with Crippen LogP contribution < -0.4 is 10.2 Å². The number of morpholine rings is 1. The maximum absolute atomic E-state index is 9.49. The maximum Gasteiger partial charge on any atom is 0.0755 e. The fourth-order valence-corrected chi connectivity index (χ4v) is 2.68. The van der Waals surface area contributed by atoms with Gasteiger partial charge in [-0.1, -0.05) is 12.1 Å². The summed E-state index contributed by atoms with van der Waals surface area (Å²) < 4.78 is 10.5. The molecule has 1 saturated heterocycles. The molecule has 2 rings (SSSR count). The fraction of sp³-hybridized carbons (Fsp3) is 0.625. The smallest absolute Gasteiger partial charge is 0.0755 e. The third-order valence-corrected chi connectivity index (χ3v) is 3.82. The van der Waals surface area contributed by atoms with E-state index in [1.165, 1.54) is 16.8 Å². The van der Waals surface area contributed by atoms with E-state index in [9.17, 15) is 5.11 Å². The standard InChI is InChI=1S/C16H26N2O3/c1-13-9-14(10-17-5-7-20-2)3-4-16(13)18-6-8-21-12-15(18)11-19/h3-4,9,15,17,19H,5-8,10-12H2,1-2H3. The van der Waals surface area contributed by atoms with E-state index in [1.54, 1.807) is 7.11 Å². The number of anilines is 1. The molecule has 118 valence electrons. The number of hydrogen-bond donors (Lipinski definition) is 2. The summed E-state index contributed by atoms with van der Waals surface area (Å²) in [5, 5.41) is 12.8. The van der Waals surface area contributed by atoms with Crippen LogP contribution in [0, 0.1) is 6.92 Å². The Bertz CT molecular complexity index is 440. The quantitative estimate of drug-likeness (QED) is 0.733. The topological polar surface area (TPSA) is 54.0 Å². The largest absolute Gasteiger partial charge is 0.394 e. The highest BCUT2D eigenvalue weighted by Crippen LogP contribution is 2.25. The van der Waals surface area contributed by atoms with Gasteiger partial charge in [-0.05, 0) is 24.1 Å². The van der Waals surface area contributed by atoms with Gasteiger partial charge in [0.05, 0.1) is 32.5 Å². The first-order chi connectivity index (χ1) is 10.3. The predicted octanol–water partition coefficient (Wildman–Crippen LogP) is 0.929. The van der Waals surface area contributed by atoms with Gasteiger partial charge in [0.15, 0.2) is 0 Å². The number of aliphatic hydroxyl groups excluding tert-OH is 1. The number of nitrogens with one attached hydrogen (secondary N) is 1. The van der Waals surface area contributed by atoms with Crippen LogP contribution in [0.5, 0.6) is 0 Å². The Labute approximate surface area is 126 Å². The average Bonchev–Trinajstić information content (AvgIpc) is 2.52. The number of methoxy groups -OCH3 is 1. The molecule has 0 aliphatic carbocycles. The van der Waals surface area contributed by atoms with Gasteiger partial charge >= 0.3 is 0 Å². The molecule has 1 aliphatic rings. The highest BCUT2D eigenvalue weighted by molar-refractivity contribution is 5.55. The maximum atomic E-state index is 9.49. The average molecular weight is 294 g/mol. The summed E-state index contributed by atoms with van der Waals surface area (Å²) in [4.78, 5) is 2.25. The van der Waals surface area contributed by atoms with Crippen molar-refractivity contribution in [2.75, 3.05) is 51.5 Å². The number of hydrogen-bond acceptors (Lipinski definition) is 5. The van der Waals surface area contributed by atoms with Crippen molar-refractivity contribution in [1.29, 1.82) is 0 Å². The summed E-state index contributed by atoms with van der Waals surface area (Å²) >= 11 is 0. The molecule has 1 aromatic carbocycles. The summed E-state index contributed by atoms with van der Waals surface area (Å²) in [5.74, 6) is 0.